The zero-order valence-electron chi connectivity index (χ0n) is 14.6. The number of thiocarbonyl (C=S) groups is 1. The summed E-state index contributed by atoms with van der Waals surface area (Å²) in [6, 6.07) is 9.86. The molecule has 132 valence electrons. The summed E-state index contributed by atoms with van der Waals surface area (Å²) in [5.41, 5.74) is 0.780. The van der Waals surface area contributed by atoms with Crippen LogP contribution in [0.2, 0.25) is 0 Å². The van der Waals surface area contributed by atoms with Crippen molar-refractivity contribution < 1.29 is 9.59 Å². The van der Waals surface area contributed by atoms with Gasteiger partial charge in [0.05, 0.1) is 4.91 Å². The Morgan fingerprint density at radius 2 is 1.96 bits per heavy atom. The molecule has 0 atom stereocenters. The normalized spacial score (nSPS) is 16.9. The van der Waals surface area contributed by atoms with Gasteiger partial charge in [-0.05, 0) is 32.4 Å². The molecule has 25 heavy (non-hydrogen) atoms. The summed E-state index contributed by atoms with van der Waals surface area (Å²) in [6.45, 7) is 6.07. The van der Waals surface area contributed by atoms with Crippen molar-refractivity contribution in [3.63, 3.8) is 0 Å². The quantitative estimate of drug-likeness (QED) is 0.630. The molecule has 1 aliphatic heterocycles. The van der Waals surface area contributed by atoms with Crippen LogP contribution in [0.3, 0.4) is 0 Å². The van der Waals surface area contributed by atoms with Gasteiger partial charge < -0.3 is 5.32 Å². The Morgan fingerprint density at radius 1 is 1.28 bits per heavy atom. The van der Waals surface area contributed by atoms with Gasteiger partial charge in [-0.2, -0.15) is 0 Å². The fourth-order valence-electron chi connectivity index (χ4n) is 2.21. The molecule has 0 spiro atoms. The van der Waals surface area contributed by atoms with Gasteiger partial charge in [0.2, 0.25) is 5.91 Å². The number of nitrogens with one attached hydrogen (secondary N) is 1. The Morgan fingerprint density at radius 3 is 2.60 bits per heavy atom. The molecule has 0 aliphatic carbocycles. The Hall–Kier alpha value is -1.92. The first-order valence-corrected chi connectivity index (χ1v) is 9.27. The molecule has 1 aromatic carbocycles. The largest absolute Gasteiger partial charge is 0.351 e. The maximum atomic E-state index is 12.4. The number of allylic oxidation sites excluding steroid dienone is 2. The van der Waals surface area contributed by atoms with Crippen LogP contribution >= 0.6 is 24.0 Å². The van der Waals surface area contributed by atoms with E-state index in [2.05, 4.69) is 5.32 Å². The van der Waals surface area contributed by atoms with Crippen LogP contribution in [-0.2, 0) is 9.59 Å². The van der Waals surface area contributed by atoms with Gasteiger partial charge in [-0.1, -0.05) is 66.5 Å². The second-order valence-electron chi connectivity index (χ2n) is 6.67. The minimum absolute atomic E-state index is 0.0884. The van der Waals surface area contributed by atoms with E-state index < -0.39 is 0 Å². The summed E-state index contributed by atoms with van der Waals surface area (Å²) < 4.78 is 0.493. The van der Waals surface area contributed by atoms with Crippen molar-refractivity contribution >= 4 is 46.2 Å². The highest BCUT2D eigenvalue weighted by Gasteiger charge is 2.31. The van der Waals surface area contributed by atoms with Crippen LogP contribution < -0.4 is 5.32 Å². The highest BCUT2D eigenvalue weighted by atomic mass is 32.2. The fraction of sp³-hybridized carbons (Fsp3) is 0.316. The Balaban J connectivity index is 1.94. The van der Waals surface area contributed by atoms with E-state index in [4.69, 9.17) is 12.2 Å². The third kappa shape index (κ3) is 6.14. The zero-order valence-corrected chi connectivity index (χ0v) is 16.2. The lowest BCUT2D eigenvalue weighted by molar-refractivity contribution is -0.124. The lowest BCUT2D eigenvalue weighted by atomic mass is 10.1. The van der Waals surface area contributed by atoms with Gasteiger partial charge in [-0.25, -0.2) is 0 Å². The molecule has 1 aliphatic rings. The molecule has 0 aromatic heterocycles. The van der Waals surface area contributed by atoms with Gasteiger partial charge in [0.25, 0.3) is 5.91 Å². The molecule has 4 nitrogen and oxygen atoms in total. The number of hydrogen-bond donors (Lipinski definition) is 1. The molecule has 1 aromatic rings. The molecule has 1 N–H and O–H groups in total. The molecule has 1 fully saturated rings. The van der Waals surface area contributed by atoms with Crippen molar-refractivity contribution in [2.45, 2.75) is 32.7 Å². The topological polar surface area (TPSA) is 49.4 Å². The Kier molecular flexibility index (Phi) is 6.56. The number of carbonyl (C=O) groups is 2. The van der Waals surface area contributed by atoms with Crippen molar-refractivity contribution in [1.82, 2.24) is 10.2 Å². The molecule has 0 unspecified atom stereocenters. The summed E-state index contributed by atoms with van der Waals surface area (Å²) >= 11 is 6.54. The fourth-order valence-corrected chi connectivity index (χ4v) is 3.47. The van der Waals surface area contributed by atoms with Crippen LogP contribution in [0, 0.1) is 0 Å². The number of hydrogen-bond acceptors (Lipinski definition) is 4. The number of rotatable bonds is 5. The van der Waals surface area contributed by atoms with Crippen molar-refractivity contribution in [3.05, 3.63) is 53.0 Å². The standard InChI is InChI=1S/C19H22N2O2S2/c1-19(2,3)20-16(22)12-13-21-17(23)15(25-18(21)24)11-7-10-14-8-5-4-6-9-14/h4-11H,12-13H2,1-3H3,(H,20,22). The van der Waals surface area contributed by atoms with Gasteiger partial charge in [0.15, 0.2) is 0 Å². The first kappa shape index (κ1) is 19.4. The number of amides is 2. The molecule has 2 amide bonds. The maximum absolute atomic E-state index is 12.4. The highest BCUT2D eigenvalue weighted by molar-refractivity contribution is 8.26. The second kappa shape index (κ2) is 8.45. The summed E-state index contributed by atoms with van der Waals surface area (Å²) in [6.07, 6.45) is 5.77. The highest BCUT2D eigenvalue weighted by Crippen LogP contribution is 2.31. The molecular formula is C19H22N2O2S2. The van der Waals surface area contributed by atoms with Crippen molar-refractivity contribution in [2.24, 2.45) is 0 Å². The zero-order chi connectivity index (χ0) is 18.4. The van der Waals surface area contributed by atoms with E-state index in [1.165, 1.54) is 16.7 Å². The average molecular weight is 375 g/mol. The van der Waals surface area contributed by atoms with Crippen LogP contribution in [0.15, 0.2) is 47.4 Å². The van der Waals surface area contributed by atoms with Crippen molar-refractivity contribution in [2.75, 3.05) is 6.54 Å². The molecule has 6 heteroatoms. The Labute approximate surface area is 158 Å². The minimum atomic E-state index is -0.283. The van der Waals surface area contributed by atoms with E-state index >= 15 is 0 Å². The molecule has 2 rings (SSSR count). The van der Waals surface area contributed by atoms with Crippen molar-refractivity contribution in [1.29, 1.82) is 0 Å². The van der Waals surface area contributed by atoms with Crippen LogP contribution in [0.4, 0.5) is 0 Å². The lowest BCUT2D eigenvalue weighted by Gasteiger charge is -2.21. The summed E-state index contributed by atoms with van der Waals surface area (Å²) in [5.74, 6) is -0.231. The third-order valence-electron chi connectivity index (χ3n) is 3.29. The summed E-state index contributed by atoms with van der Waals surface area (Å²) in [4.78, 5) is 26.4. The van der Waals surface area contributed by atoms with E-state index in [0.717, 1.165) is 5.56 Å². The van der Waals surface area contributed by atoms with Gasteiger partial charge in [-0.15, -0.1) is 0 Å². The minimum Gasteiger partial charge on any atom is -0.351 e. The second-order valence-corrected chi connectivity index (χ2v) is 8.35. The molecule has 1 saturated heterocycles. The smallest absolute Gasteiger partial charge is 0.266 e. The van der Waals surface area contributed by atoms with Crippen LogP contribution in [0.25, 0.3) is 6.08 Å². The van der Waals surface area contributed by atoms with Crippen LogP contribution in [0.5, 0.6) is 0 Å². The van der Waals surface area contributed by atoms with Gasteiger partial charge >= 0.3 is 0 Å². The van der Waals surface area contributed by atoms with Gasteiger partial charge in [0.1, 0.15) is 4.32 Å². The molecule has 0 radical (unpaired) electrons. The van der Waals surface area contributed by atoms with E-state index in [1.54, 1.807) is 6.08 Å². The predicted molar refractivity (Wildman–Crippen MR) is 108 cm³/mol. The molecule has 1 heterocycles. The van der Waals surface area contributed by atoms with E-state index in [-0.39, 0.29) is 23.8 Å². The monoisotopic (exact) mass is 374 g/mol. The molecule has 0 saturated carbocycles. The van der Waals surface area contributed by atoms with Crippen molar-refractivity contribution in [3.8, 4) is 0 Å². The van der Waals surface area contributed by atoms with E-state index in [9.17, 15) is 9.59 Å². The first-order chi connectivity index (χ1) is 11.8. The van der Waals surface area contributed by atoms with Crippen LogP contribution in [-0.4, -0.2) is 33.1 Å². The first-order valence-electron chi connectivity index (χ1n) is 8.04. The van der Waals surface area contributed by atoms with E-state index in [1.807, 2.05) is 63.3 Å². The van der Waals surface area contributed by atoms with Crippen LogP contribution in [0.1, 0.15) is 32.8 Å². The van der Waals surface area contributed by atoms with Gasteiger partial charge in [0, 0.05) is 18.5 Å². The SMILES string of the molecule is CC(C)(C)NC(=O)CCN1C(=O)C(=CC=Cc2ccccc2)SC1=S. The molecule has 0 bridgehead atoms. The maximum Gasteiger partial charge on any atom is 0.266 e. The number of carbonyl (C=O) groups excluding carboxylic acids is 2. The number of nitrogens with zero attached hydrogens (tertiary/aromatic N) is 1. The Bertz CT molecular complexity index is 719. The summed E-state index contributed by atoms with van der Waals surface area (Å²) in [5, 5.41) is 2.88. The van der Waals surface area contributed by atoms with E-state index in [0.29, 0.717) is 15.8 Å². The number of benzene rings is 1. The molecular weight excluding hydrogens is 352 g/mol. The average Bonchev–Trinajstić information content (AvgIpc) is 2.79. The third-order valence-corrected chi connectivity index (χ3v) is 4.68. The lowest BCUT2D eigenvalue weighted by Crippen LogP contribution is -2.42. The van der Waals surface area contributed by atoms with Gasteiger partial charge in [-0.3, -0.25) is 14.5 Å². The summed E-state index contributed by atoms with van der Waals surface area (Å²) in [7, 11) is 0. The predicted octanol–water partition coefficient (Wildman–Crippen LogP) is 3.75. The number of thioether (sulfide) groups is 1.